The molecule has 1 aliphatic heterocycles. The van der Waals surface area contributed by atoms with Crippen LogP contribution in [-0.4, -0.2) is 21.4 Å². The molecule has 20 heavy (non-hydrogen) atoms. The fourth-order valence-electron chi connectivity index (χ4n) is 2.77. The number of hydrogen-bond donors (Lipinski definition) is 1. The van der Waals surface area contributed by atoms with Crippen LogP contribution in [0.1, 0.15) is 31.2 Å². The van der Waals surface area contributed by atoms with E-state index in [1.165, 1.54) is 0 Å². The van der Waals surface area contributed by atoms with Crippen LogP contribution in [-0.2, 0) is 18.5 Å². The monoisotopic (exact) mass is 272 g/mol. The zero-order valence-corrected chi connectivity index (χ0v) is 11.7. The number of benzene rings is 1. The van der Waals surface area contributed by atoms with Gasteiger partial charge in [-0.3, -0.25) is 4.68 Å². The van der Waals surface area contributed by atoms with Crippen molar-refractivity contribution in [3.63, 3.8) is 0 Å². The zero-order valence-electron chi connectivity index (χ0n) is 11.7. The molecule has 0 amide bonds. The van der Waals surface area contributed by atoms with Crippen molar-refractivity contribution in [3.8, 4) is 5.75 Å². The third-order valence-electron chi connectivity index (χ3n) is 3.83. The van der Waals surface area contributed by atoms with E-state index in [2.05, 4.69) is 23.1 Å². The molecule has 0 fully saturated rings. The number of rotatable bonds is 4. The molecule has 1 unspecified atom stereocenters. The SMILES string of the molecule is CCCn1ncnc1CC1(N)CCOc2ccccc21. The van der Waals surface area contributed by atoms with Crippen LogP contribution in [0.2, 0.25) is 0 Å². The van der Waals surface area contributed by atoms with Gasteiger partial charge in [-0.15, -0.1) is 0 Å². The van der Waals surface area contributed by atoms with Crippen LogP contribution in [0.3, 0.4) is 0 Å². The quantitative estimate of drug-likeness (QED) is 0.922. The molecular formula is C15H20N4O. The lowest BCUT2D eigenvalue weighted by Gasteiger charge is -2.35. The van der Waals surface area contributed by atoms with E-state index in [9.17, 15) is 0 Å². The summed E-state index contributed by atoms with van der Waals surface area (Å²) in [4.78, 5) is 4.38. The summed E-state index contributed by atoms with van der Waals surface area (Å²) in [5, 5.41) is 4.28. The molecule has 0 spiro atoms. The highest BCUT2D eigenvalue weighted by Gasteiger charge is 2.35. The Bertz CT molecular complexity index is 595. The van der Waals surface area contributed by atoms with E-state index in [0.29, 0.717) is 13.0 Å². The second-order valence-corrected chi connectivity index (χ2v) is 5.33. The molecule has 2 aromatic rings. The number of nitrogens with two attached hydrogens (primary N) is 1. The maximum atomic E-state index is 6.67. The first-order valence-electron chi connectivity index (χ1n) is 7.11. The van der Waals surface area contributed by atoms with Crippen molar-refractivity contribution < 1.29 is 4.74 Å². The first kappa shape index (κ1) is 13.1. The molecule has 0 aliphatic carbocycles. The third-order valence-corrected chi connectivity index (χ3v) is 3.83. The fraction of sp³-hybridized carbons (Fsp3) is 0.467. The van der Waals surface area contributed by atoms with Gasteiger partial charge in [-0.05, 0) is 12.5 Å². The molecule has 3 rings (SSSR count). The van der Waals surface area contributed by atoms with Crippen LogP contribution < -0.4 is 10.5 Å². The molecule has 1 atom stereocenters. The van der Waals surface area contributed by atoms with Gasteiger partial charge in [0.1, 0.15) is 17.9 Å². The topological polar surface area (TPSA) is 66.0 Å². The van der Waals surface area contributed by atoms with Gasteiger partial charge in [-0.1, -0.05) is 25.1 Å². The molecule has 106 valence electrons. The Labute approximate surface area is 118 Å². The molecule has 2 heterocycles. The minimum absolute atomic E-state index is 0.423. The summed E-state index contributed by atoms with van der Waals surface area (Å²) in [6, 6.07) is 8.01. The highest BCUT2D eigenvalue weighted by atomic mass is 16.5. The molecule has 5 heteroatoms. The molecule has 1 aromatic carbocycles. The van der Waals surface area contributed by atoms with Gasteiger partial charge in [-0.2, -0.15) is 5.10 Å². The van der Waals surface area contributed by atoms with Crippen molar-refractivity contribution in [3.05, 3.63) is 42.0 Å². The van der Waals surface area contributed by atoms with Gasteiger partial charge in [0.2, 0.25) is 0 Å². The van der Waals surface area contributed by atoms with Crippen LogP contribution in [0.5, 0.6) is 5.75 Å². The Balaban J connectivity index is 1.92. The molecule has 0 bridgehead atoms. The Hall–Kier alpha value is -1.88. The molecule has 0 saturated heterocycles. The minimum Gasteiger partial charge on any atom is -0.493 e. The van der Waals surface area contributed by atoms with E-state index in [-0.39, 0.29) is 0 Å². The van der Waals surface area contributed by atoms with Crippen molar-refractivity contribution in [1.82, 2.24) is 14.8 Å². The van der Waals surface area contributed by atoms with Gasteiger partial charge in [-0.25, -0.2) is 4.98 Å². The minimum atomic E-state index is -0.423. The van der Waals surface area contributed by atoms with Crippen molar-refractivity contribution >= 4 is 0 Å². The van der Waals surface area contributed by atoms with E-state index >= 15 is 0 Å². The lowest BCUT2D eigenvalue weighted by Crippen LogP contribution is -2.44. The number of hydrogen-bond acceptors (Lipinski definition) is 4. The molecule has 2 N–H and O–H groups in total. The molecular weight excluding hydrogens is 252 g/mol. The number of aryl methyl sites for hydroxylation is 1. The van der Waals surface area contributed by atoms with Crippen molar-refractivity contribution in [2.45, 2.75) is 38.3 Å². The van der Waals surface area contributed by atoms with Gasteiger partial charge in [0.05, 0.1) is 12.1 Å². The normalized spacial score (nSPS) is 21.3. The molecule has 0 radical (unpaired) electrons. The largest absolute Gasteiger partial charge is 0.493 e. The summed E-state index contributed by atoms with van der Waals surface area (Å²) in [6.07, 6.45) is 4.13. The van der Waals surface area contributed by atoms with E-state index in [0.717, 1.165) is 36.5 Å². The van der Waals surface area contributed by atoms with Crippen LogP contribution in [0, 0.1) is 0 Å². The molecule has 1 aliphatic rings. The van der Waals surface area contributed by atoms with Gasteiger partial charge in [0.25, 0.3) is 0 Å². The summed E-state index contributed by atoms with van der Waals surface area (Å²) < 4.78 is 7.64. The average Bonchev–Trinajstić information content (AvgIpc) is 2.87. The van der Waals surface area contributed by atoms with E-state index < -0.39 is 5.54 Å². The number of para-hydroxylation sites is 1. The summed E-state index contributed by atoms with van der Waals surface area (Å²) in [7, 11) is 0. The summed E-state index contributed by atoms with van der Waals surface area (Å²) in [5.41, 5.74) is 7.31. The number of fused-ring (bicyclic) bond motifs is 1. The Morgan fingerprint density at radius 2 is 2.25 bits per heavy atom. The summed E-state index contributed by atoms with van der Waals surface area (Å²) in [5.74, 6) is 1.84. The van der Waals surface area contributed by atoms with Crippen molar-refractivity contribution in [2.24, 2.45) is 5.73 Å². The second-order valence-electron chi connectivity index (χ2n) is 5.33. The second kappa shape index (κ2) is 5.25. The number of aromatic nitrogens is 3. The van der Waals surface area contributed by atoms with Crippen LogP contribution in [0.25, 0.3) is 0 Å². The highest BCUT2D eigenvalue weighted by Crippen LogP contribution is 2.36. The van der Waals surface area contributed by atoms with Crippen LogP contribution >= 0.6 is 0 Å². The molecule has 0 saturated carbocycles. The lowest BCUT2D eigenvalue weighted by molar-refractivity contribution is 0.212. The Kier molecular flexibility index (Phi) is 3.44. The lowest BCUT2D eigenvalue weighted by atomic mass is 9.82. The van der Waals surface area contributed by atoms with Gasteiger partial charge < -0.3 is 10.5 Å². The van der Waals surface area contributed by atoms with Crippen LogP contribution in [0.15, 0.2) is 30.6 Å². The predicted molar refractivity (Wildman–Crippen MR) is 76.4 cm³/mol. The maximum Gasteiger partial charge on any atom is 0.138 e. The van der Waals surface area contributed by atoms with E-state index in [4.69, 9.17) is 10.5 Å². The van der Waals surface area contributed by atoms with Crippen molar-refractivity contribution in [2.75, 3.05) is 6.61 Å². The third kappa shape index (κ3) is 2.29. The first-order valence-corrected chi connectivity index (χ1v) is 7.11. The summed E-state index contributed by atoms with van der Waals surface area (Å²) in [6.45, 7) is 3.66. The maximum absolute atomic E-state index is 6.67. The van der Waals surface area contributed by atoms with Gasteiger partial charge >= 0.3 is 0 Å². The van der Waals surface area contributed by atoms with E-state index in [1.807, 2.05) is 22.9 Å². The summed E-state index contributed by atoms with van der Waals surface area (Å²) >= 11 is 0. The predicted octanol–water partition coefficient (Wildman–Crippen LogP) is 1.87. The Morgan fingerprint density at radius 1 is 1.40 bits per heavy atom. The highest BCUT2D eigenvalue weighted by molar-refractivity contribution is 5.41. The number of nitrogens with zero attached hydrogens (tertiary/aromatic N) is 3. The van der Waals surface area contributed by atoms with E-state index in [1.54, 1.807) is 6.33 Å². The standard InChI is InChI=1S/C15H20N4O/c1-2-8-19-14(17-11-18-19)10-15(16)7-9-20-13-6-4-3-5-12(13)15/h3-6,11H,2,7-10,16H2,1H3. The van der Waals surface area contributed by atoms with Crippen molar-refractivity contribution in [1.29, 1.82) is 0 Å². The number of ether oxygens (including phenoxy) is 1. The smallest absolute Gasteiger partial charge is 0.138 e. The zero-order chi connectivity index (χ0) is 14.0. The fourth-order valence-corrected chi connectivity index (χ4v) is 2.77. The van der Waals surface area contributed by atoms with Gasteiger partial charge in [0.15, 0.2) is 0 Å². The average molecular weight is 272 g/mol. The van der Waals surface area contributed by atoms with Crippen LogP contribution in [0.4, 0.5) is 0 Å². The molecule has 1 aromatic heterocycles. The molecule has 5 nitrogen and oxygen atoms in total. The van der Waals surface area contributed by atoms with Gasteiger partial charge in [0, 0.05) is 24.9 Å². The Morgan fingerprint density at radius 3 is 3.10 bits per heavy atom. The first-order chi connectivity index (χ1) is 9.73.